The SMILES string of the molecule is OCC#CCSc1ncnn1-c1ccccc1. The minimum absolute atomic E-state index is 0.105. The van der Waals surface area contributed by atoms with E-state index in [1.807, 2.05) is 30.3 Å². The van der Waals surface area contributed by atoms with Gasteiger partial charge >= 0.3 is 0 Å². The third kappa shape index (κ3) is 3.09. The predicted molar refractivity (Wildman–Crippen MR) is 66.9 cm³/mol. The zero-order valence-corrected chi connectivity index (χ0v) is 9.89. The first kappa shape index (κ1) is 11.7. The van der Waals surface area contributed by atoms with E-state index >= 15 is 0 Å². The summed E-state index contributed by atoms with van der Waals surface area (Å²) in [6, 6.07) is 9.81. The number of para-hydroxylation sites is 1. The molecule has 1 heterocycles. The molecule has 0 aliphatic carbocycles. The Morgan fingerprint density at radius 3 is 2.82 bits per heavy atom. The molecule has 0 radical (unpaired) electrons. The van der Waals surface area contributed by atoms with E-state index in [-0.39, 0.29) is 6.61 Å². The standard InChI is InChI=1S/C12H11N3OS/c16-8-4-5-9-17-12-13-10-14-15(12)11-6-2-1-3-7-11/h1-3,6-7,10,16H,8-9H2. The highest BCUT2D eigenvalue weighted by molar-refractivity contribution is 7.99. The molecule has 0 saturated carbocycles. The van der Waals surface area contributed by atoms with Crippen molar-refractivity contribution in [1.82, 2.24) is 14.8 Å². The van der Waals surface area contributed by atoms with Crippen LogP contribution in [0.4, 0.5) is 0 Å². The van der Waals surface area contributed by atoms with Crippen LogP contribution in [0.2, 0.25) is 0 Å². The first-order valence-corrected chi connectivity index (χ1v) is 6.05. The third-order valence-electron chi connectivity index (χ3n) is 1.99. The predicted octanol–water partition coefficient (Wildman–Crippen LogP) is 1.36. The monoisotopic (exact) mass is 245 g/mol. The molecule has 0 aliphatic rings. The summed E-state index contributed by atoms with van der Waals surface area (Å²) in [5, 5.41) is 13.5. The van der Waals surface area contributed by atoms with Gasteiger partial charge in [-0.05, 0) is 12.1 Å². The van der Waals surface area contributed by atoms with Gasteiger partial charge in [0.25, 0.3) is 0 Å². The smallest absolute Gasteiger partial charge is 0.191 e. The Bertz CT molecular complexity index is 527. The van der Waals surface area contributed by atoms with Gasteiger partial charge in [-0.15, -0.1) is 0 Å². The van der Waals surface area contributed by atoms with Crippen LogP contribution in [0.5, 0.6) is 0 Å². The molecule has 0 saturated heterocycles. The van der Waals surface area contributed by atoms with Crippen molar-refractivity contribution in [2.24, 2.45) is 0 Å². The Morgan fingerprint density at radius 1 is 1.24 bits per heavy atom. The minimum atomic E-state index is -0.105. The maximum Gasteiger partial charge on any atom is 0.191 e. The van der Waals surface area contributed by atoms with Gasteiger partial charge in [0, 0.05) is 0 Å². The fraction of sp³-hybridized carbons (Fsp3) is 0.167. The Morgan fingerprint density at radius 2 is 2.06 bits per heavy atom. The van der Waals surface area contributed by atoms with Gasteiger partial charge in [-0.3, -0.25) is 0 Å². The molecule has 0 aliphatic heterocycles. The first-order valence-electron chi connectivity index (χ1n) is 5.06. The van der Waals surface area contributed by atoms with Gasteiger partial charge in [0.1, 0.15) is 12.9 Å². The molecule has 2 aromatic rings. The normalized spacial score (nSPS) is 9.71. The molecule has 0 unspecified atom stereocenters. The average molecular weight is 245 g/mol. The number of hydrogen-bond donors (Lipinski definition) is 1. The third-order valence-corrected chi connectivity index (χ3v) is 2.82. The molecule has 0 atom stereocenters. The zero-order chi connectivity index (χ0) is 11.9. The molecule has 0 amide bonds. The van der Waals surface area contributed by atoms with E-state index in [0.29, 0.717) is 5.75 Å². The molecule has 86 valence electrons. The average Bonchev–Trinajstić information content (AvgIpc) is 2.84. The number of rotatable bonds is 3. The van der Waals surface area contributed by atoms with Crippen molar-refractivity contribution in [1.29, 1.82) is 0 Å². The van der Waals surface area contributed by atoms with Gasteiger partial charge in [0.05, 0.1) is 11.4 Å². The highest BCUT2D eigenvalue weighted by Crippen LogP contribution is 2.17. The molecular weight excluding hydrogens is 234 g/mol. The molecule has 2 rings (SSSR count). The van der Waals surface area contributed by atoms with Crippen LogP contribution < -0.4 is 0 Å². The number of aliphatic hydroxyl groups is 1. The lowest BCUT2D eigenvalue weighted by Crippen LogP contribution is -1.98. The lowest BCUT2D eigenvalue weighted by atomic mass is 10.3. The molecule has 0 bridgehead atoms. The second-order valence-electron chi connectivity index (χ2n) is 3.09. The van der Waals surface area contributed by atoms with Crippen molar-refractivity contribution < 1.29 is 5.11 Å². The van der Waals surface area contributed by atoms with Crippen LogP contribution in [0.25, 0.3) is 5.69 Å². The van der Waals surface area contributed by atoms with Gasteiger partial charge in [0.15, 0.2) is 5.16 Å². The Kier molecular flexibility index (Phi) is 4.19. The van der Waals surface area contributed by atoms with Gasteiger partial charge in [-0.25, -0.2) is 9.67 Å². The number of hydrogen-bond acceptors (Lipinski definition) is 4. The Labute approximate surface area is 104 Å². The molecular formula is C12H11N3OS. The number of aromatic nitrogens is 3. The molecule has 5 heteroatoms. The number of thioether (sulfide) groups is 1. The maximum absolute atomic E-state index is 8.54. The number of aliphatic hydroxyl groups excluding tert-OH is 1. The van der Waals surface area contributed by atoms with Crippen LogP contribution >= 0.6 is 11.8 Å². The van der Waals surface area contributed by atoms with Crippen LogP contribution in [0.3, 0.4) is 0 Å². The van der Waals surface area contributed by atoms with E-state index in [0.717, 1.165) is 10.8 Å². The summed E-state index contributed by atoms with van der Waals surface area (Å²) in [5.41, 5.74) is 0.975. The molecule has 1 aromatic heterocycles. The van der Waals surface area contributed by atoms with Crippen molar-refractivity contribution in [3.63, 3.8) is 0 Å². The second kappa shape index (κ2) is 6.09. The highest BCUT2D eigenvalue weighted by atomic mass is 32.2. The molecule has 17 heavy (non-hydrogen) atoms. The minimum Gasteiger partial charge on any atom is -0.384 e. The van der Waals surface area contributed by atoms with Gasteiger partial charge in [0.2, 0.25) is 0 Å². The summed E-state index contributed by atoms with van der Waals surface area (Å²) in [6.07, 6.45) is 1.52. The van der Waals surface area contributed by atoms with E-state index in [1.54, 1.807) is 4.68 Å². The van der Waals surface area contributed by atoms with Crippen molar-refractivity contribution in [3.8, 4) is 17.5 Å². The summed E-state index contributed by atoms with van der Waals surface area (Å²) >= 11 is 1.49. The highest BCUT2D eigenvalue weighted by Gasteiger charge is 2.05. The zero-order valence-electron chi connectivity index (χ0n) is 9.08. The topological polar surface area (TPSA) is 50.9 Å². The van der Waals surface area contributed by atoms with Crippen molar-refractivity contribution in [2.75, 3.05) is 12.4 Å². The molecule has 0 fully saturated rings. The lowest BCUT2D eigenvalue weighted by molar-refractivity contribution is 0.350. The number of benzene rings is 1. The van der Waals surface area contributed by atoms with Gasteiger partial charge < -0.3 is 5.11 Å². The second-order valence-corrected chi connectivity index (χ2v) is 4.03. The summed E-state index contributed by atoms with van der Waals surface area (Å²) in [7, 11) is 0. The van der Waals surface area contributed by atoms with Crippen LogP contribution in [-0.4, -0.2) is 32.2 Å². The quantitative estimate of drug-likeness (QED) is 0.655. The van der Waals surface area contributed by atoms with E-state index in [2.05, 4.69) is 21.9 Å². The molecule has 1 N–H and O–H groups in total. The van der Waals surface area contributed by atoms with Crippen molar-refractivity contribution >= 4 is 11.8 Å². The van der Waals surface area contributed by atoms with E-state index in [1.165, 1.54) is 18.1 Å². The van der Waals surface area contributed by atoms with Crippen LogP contribution in [-0.2, 0) is 0 Å². The van der Waals surface area contributed by atoms with E-state index in [4.69, 9.17) is 5.11 Å². The summed E-state index contributed by atoms with van der Waals surface area (Å²) in [4.78, 5) is 4.17. The fourth-order valence-corrected chi connectivity index (χ4v) is 1.98. The number of nitrogens with zero attached hydrogens (tertiary/aromatic N) is 3. The Balaban J connectivity index is 2.12. The summed E-state index contributed by atoms with van der Waals surface area (Å²) in [5.74, 6) is 6.02. The van der Waals surface area contributed by atoms with Gasteiger partial charge in [-0.2, -0.15) is 5.10 Å². The molecule has 1 aromatic carbocycles. The van der Waals surface area contributed by atoms with Crippen molar-refractivity contribution in [2.45, 2.75) is 5.16 Å². The lowest BCUT2D eigenvalue weighted by Gasteiger charge is -2.03. The van der Waals surface area contributed by atoms with Crippen molar-refractivity contribution in [3.05, 3.63) is 36.7 Å². The molecule has 4 nitrogen and oxygen atoms in total. The fourth-order valence-electron chi connectivity index (χ4n) is 1.28. The largest absolute Gasteiger partial charge is 0.384 e. The van der Waals surface area contributed by atoms with E-state index < -0.39 is 0 Å². The van der Waals surface area contributed by atoms with Crippen LogP contribution in [0.15, 0.2) is 41.8 Å². The first-order chi connectivity index (χ1) is 8.42. The van der Waals surface area contributed by atoms with Crippen LogP contribution in [0, 0.1) is 11.8 Å². The summed E-state index contributed by atoms with van der Waals surface area (Å²) < 4.78 is 1.77. The molecule has 0 spiro atoms. The van der Waals surface area contributed by atoms with E-state index in [9.17, 15) is 0 Å². The summed E-state index contributed by atoms with van der Waals surface area (Å²) in [6.45, 7) is -0.105. The Hall–Kier alpha value is -1.77. The van der Waals surface area contributed by atoms with Crippen LogP contribution in [0.1, 0.15) is 0 Å². The van der Waals surface area contributed by atoms with Gasteiger partial charge in [-0.1, -0.05) is 41.8 Å². The maximum atomic E-state index is 8.54.